The van der Waals surface area contributed by atoms with E-state index in [0.717, 1.165) is 40.0 Å². The quantitative estimate of drug-likeness (QED) is 0.805. The van der Waals surface area contributed by atoms with Crippen LogP contribution in [0.1, 0.15) is 14.7 Å². The molecule has 1 aliphatic rings. The van der Waals surface area contributed by atoms with E-state index in [-0.39, 0.29) is 5.91 Å². The fourth-order valence-electron chi connectivity index (χ4n) is 2.34. The number of hydrogen-bond acceptors (Lipinski definition) is 6. The second kappa shape index (κ2) is 6.35. The van der Waals surface area contributed by atoms with Crippen LogP contribution in [0.15, 0.2) is 17.5 Å². The minimum absolute atomic E-state index is 0.144. The molecule has 2 aromatic rings. The van der Waals surface area contributed by atoms with Crippen LogP contribution in [0.3, 0.4) is 0 Å². The molecule has 0 aromatic carbocycles. The van der Waals surface area contributed by atoms with Gasteiger partial charge in [0.1, 0.15) is 5.01 Å². The van der Waals surface area contributed by atoms with Crippen LogP contribution in [0.5, 0.6) is 0 Å². The Morgan fingerprint density at radius 2 is 2.14 bits per heavy atom. The van der Waals surface area contributed by atoms with Crippen LogP contribution >= 0.6 is 34.9 Å². The number of thiophene rings is 1. The maximum absolute atomic E-state index is 12.3. The molecule has 1 amide bonds. The fourth-order valence-corrected chi connectivity index (χ4v) is 4.08. The predicted octanol–water partition coefficient (Wildman–Crippen LogP) is 2.46. The van der Waals surface area contributed by atoms with Crippen molar-refractivity contribution in [2.24, 2.45) is 0 Å². The van der Waals surface area contributed by atoms with E-state index in [1.54, 1.807) is 0 Å². The zero-order valence-corrected chi connectivity index (χ0v) is 14.1. The van der Waals surface area contributed by atoms with Gasteiger partial charge in [-0.05, 0) is 30.6 Å². The van der Waals surface area contributed by atoms with Crippen LogP contribution in [0.25, 0.3) is 0 Å². The summed E-state index contributed by atoms with van der Waals surface area (Å²) >= 11 is 8.33. The first-order valence-corrected chi connectivity index (χ1v) is 8.83. The van der Waals surface area contributed by atoms with Crippen molar-refractivity contribution in [2.45, 2.75) is 13.6 Å². The van der Waals surface area contributed by atoms with Gasteiger partial charge in [-0.1, -0.05) is 17.4 Å². The molecule has 21 heavy (non-hydrogen) atoms. The monoisotopic (exact) mass is 340 g/mol. The van der Waals surface area contributed by atoms with Crippen LogP contribution in [0, 0.1) is 10.9 Å². The molecule has 0 radical (unpaired) electrons. The summed E-state index contributed by atoms with van der Waals surface area (Å²) in [5, 5.41) is 7.34. The lowest BCUT2D eigenvalue weighted by atomic mass is 10.3. The van der Waals surface area contributed by atoms with E-state index in [2.05, 4.69) is 10.00 Å². The van der Waals surface area contributed by atoms with Gasteiger partial charge in [0, 0.05) is 26.2 Å². The molecular weight excluding hydrogens is 324 g/mol. The zero-order valence-electron chi connectivity index (χ0n) is 11.7. The van der Waals surface area contributed by atoms with E-state index < -0.39 is 0 Å². The lowest BCUT2D eigenvalue weighted by Crippen LogP contribution is -2.48. The van der Waals surface area contributed by atoms with Crippen molar-refractivity contribution >= 4 is 40.8 Å². The molecular formula is C13H16N4OS3. The minimum Gasteiger partial charge on any atom is -0.335 e. The van der Waals surface area contributed by atoms with E-state index in [1.165, 1.54) is 22.7 Å². The fraction of sp³-hybridized carbons (Fsp3) is 0.462. The third-order valence-electron chi connectivity index (χ3n) is 3.43. The molecule has 1 saturated heterocycles. The number of carbonyl (C=O) groups excluding carboxylic acids is 1. The van der Waals surface area contributed by atoms with Gasteiger partial charge in [0.05, 0.1) is 11.5 Å². The highest BCUT2D eigenvalue weighted by molar-refractivity contribution is 7.73. The molecule has 1 fully saturated rings. The van der Waals surface area contributed by atoms with Gasteiger partial charge >= 0.3 is 0 Å². The normalized spacial score (nSPS) is 16.3. The second-order valence-electron chi connectivity index (χ2n) is 4.92. The molecule has 0 bridgehead atoms. The molecule has 1 aliphatic heterocycles. The summed E-state index contributed by atoms with van der Waals surface area (Å²) in [6.07, 6.45) is 0. The molecule has 0 unspecified atom stereocenters. The average molecular weight is 340 g/mol. The minimum atomic E-state index is 0.144. The van der Waals surface area contributed by atoms with Gasteiger partial charge in [-0.2, -0.15) is 5.10 Å². The summed E-state index contributed by atoms with van der Waals surface area (Å²) in [5.74, 6) is 0.144. The number of piperazine rings is 1. The molecule has 8 heteroatoms. The Kier molecular flexibility index (Phi) is 4.48. The summed E-state index contributed by atoms with van der Waals surface area (Å²) in [6, 6.07) is 3.80. The summed E-state index contributed by atoms with van der Waals surface area (Å²) < 4.78 is 2.68. The molecule has 3 heterocycles. The van der Waals surface area contributed by atoms with Crippen LogP contribution in [0.2, 0.25) is 0 Å². The van der Waals surface area contributed by atoms with Crippen molar-refractivity contribution in [3.8, 4) is 0 Å². The van der Waals surface area contributed by atoms with Gasteiger partial charge in [-0.25, -0.2) is 4.68 Å². The smallest absolute Gasteiger partial charge is 0.264 e. The molecule has 0 aliphatic carbocycles. The van der Waals surface area contributed by atoms with E-state index in [9.17, 15) is 4.79 Å². The van der Waals surface area contributed by atoms with Crippen molar-refractivity contribution < 1.29 is 4.79 Å². The first-order valence-electron chi connectivity index (χ1n) is 6.73. The Bertz CT molecular complexity index is 668. The van der Waals surface area contributed by atoms with E-state index in [0.29, 0.717) is 6.67 Å². The Labute approximate surface area is 136 Å². The molecule has 3 rings (SSSR count). The van der Waals surface area contributed by atoms with Crippen molar-refractivity contribution in [1.29, 1.82) is 0 Å². The highest BCUT2D eigenvalue weighted by atomic mass is 32.1. The van der Waals surface area contributed by atoms with Crippen molar-refractivity contribution in [2.75, 3.05) is 26.2 Å². The molecule has 0 saturated carbocycles. The standard InChI is InChI=1S/C13H16N4OS3/c1-10-14-17(13(19)21-10)9-15-4-6-16(7-5-15)12(18)11-3-2-8-20-11/h2-3,8H,4-7,9H2,1H3. The topological polar surface area (TPSA) is 41.4 Å². The van der Waals surface area contributed by atoms with E-state index in [4.69, 9.17) is 12.2 Å². The van der Waals surface area contributed by atoms with Crippen LogP contribution in [-0.4, -0.2) is 51.7 Å². The average Bonchev–Trinajstić information content (AvgIpc) is 3.10. The Hall–Kier alpha value is -1.09. The van der Waals surface area contributed by atoms with Gasteiger partial charge in [0.2, 0.25) is 0 Å². The molecule has 0 spiro atoms. The van der Waals surface area contributed by atoms with Gasteiger partial charge < -0.3 is 4.90 Å². The number of rotatable bonds is 3. The first-order chi connectivity index (χ1) is 10.1. The maximum Gasteiger partial charge on any atom is 0.264 e. The lowest BCUT2D eigenvalue weighted by Gasteiger charge is -2.34. The second-order valence-corrected chi connectivity index (χ2v) is 7.69. The predicted molar refractivity (Wildman–Crippen MR) is 87.5 cm³/mol. The third kappa shape index (κ3) is 3.39. The number of amides is 1. The van der Waals surface area contributed by atoms with Gasteiger partial charge in [0.25, 0.3) is 5.91 Å². The Morgan fingerprint density at radius 3 is 2.71 bits per heavy atom. The maximum atomic E-state index is 12.3. The lowest BCUT2D eigenvalue weighted by molar-refractivity contribution is 0.0590. The molecule has 0 N–H and O–H groups in total. The number of nitrogens with zero attached hydrogens (tertiary/aromatic N) is 4. The zero-order chi connectivity index (χ0) is 14.8. The highest BCUT2D eigenvalue weighted by Gasteiger charge is 2.22. The van der Waals surface area contributed by atoms with Gasteiger partial charge in [0.15, 0.2) is 3.95 Å². The van der Waals surface area contributed by atoms with Crippen LogP contribution in [0.4, 0.5) is 0 Å². The highest BCUT2D eigenvalue weighted by Crippen LogP contribution is 2.14. The molecule has 2 aromatic heterocycles. The number of aromatic nitrogens is 2. The first kappa shape index (κ1) is 14.8. The molecule has 112 valence electrons. The third-order valence-corrected chi connectivity index (χ3v) is 5.51. The number of hydrogen-bond donors (Lipinski definition) is 0. The summed E-state index contributed by atoms with van der Waals surface area (Å²) in [6.45, 7) is 5.91. The summed E-state index contributed by atoms with van der Waals surface area (Å²) in [7, 11) is 0. The summed E-state index contributed by atoms with van der Waals surface area (Å²) in [5.41, 5.74) is 0. The number of aryl methyl sites for hydroxylation is 1. The molecule has 5 nitrogen and oxygen atoms in total. The largest absolute Gasteiger partial charge is 0.335 e. The van der Waals surface area contributed by atoms with Crippen molar-refractivity contribution in [3.63, 3.8) is 0 Å². The molecule has 0 atom stereocenters. The van der Waals surface area contributed by atoms with Crippen molar-refractivity contribution in [3.05, 3.63) is 31.4 Å². The van der Waals surface area contributed by atoms with Crippen LogP contribution < -0.4 is 0 Å². The van der Waals surface area contributed by atoms with Gasteiger partial charge in [-0.3, -0.25) is 9.69 Å². The van der Waals surface area contributed by atoms with Gasteiger partial charge in [-0.15, -0.1) is 11.3 Å². The summed E-state index contributed by atoms with van der Waals surface area (Å²) in [4.78, 5) is 17.3. The van der Waals surface area contributed by atoms with Crippen LogP contribution in [-0.2, 0) is 6.67 Å². The number of carbonyl (C=O) groups is 1. The van der Waals surface area contributed by atoms with E-state index >= 15 is 0 Å². The Balaban J connectivity index is 1.57. The van der Waals surface area contributed by atoms with E-state index in [1.807, 2.05) is 34.0 Å². The van der Waals surface area contributed by atoms with Crippen molar-refractivity contribution in [1.82, 2.24) is 19.6 Å². The Morgan fingerprint density at radius 1 is 1.38 bits per heavy atom. The SMILES string of the molecule is Cc1nn(CN2CCN(C(=O)c3cccs3)CC2)c(=S)s1.